The molecule has 1 atom stereocenters. The molecule has 1 aliphatic rings. The number of alkyl halides is 3. The maximum Gasteiger partial charge on any atom is 0.401 e. The van der Waals surface area contributed by atoms with Crippen LogP contribution >= 0.6 is 0 Å². The number of carboxylic acids is 1. The summed E-state index contributed by atoms with van der Waals surface area (Å²) in [6.07, 6.45) is -1.25. The van der Waals surface area contributed by atoms with E-state index in [9.17, 15) is 18.0 Å². The molecule has 0 heterocycles. The highest BCUT2D eigenvalue weighted by molar-refractivity contribution is 5.69. The number of hydrogen-bond acceptors (Lipinski definition) is 2. The lowest BCUT2D eigenvalue weighted by molar-refractivity contribution is -0.160. The lowest BCUT2D eigenvalue weighted by Gasteiger charge is -2.40. The fraction of sp³-hybridized carbons (Fsp3) is 0.917. The van der Waals surface area contributed by atoms with Crippen molar-refractivity contribution in [2.45, 2.75) is 51.7 Å². The summed E-state index contributed by atoms with van der Waals surface area (Å²) >= 11 is 0. The first kappa shape index (κ1) is 15.3. The minimum Gasteiger partial charge on any atom is -0.480 e. The normalized spacial score (nSPS) is 24.2. The number of rotatable bonds is 4. The van der Waals surface area contributed by atoms with Crippen molar-refractivity contribution in [3.63, 3.8) is 0 Å². The molecule has 0 aromatic heterocycles. The third-order valence-corrected chi connectivity index (χ3v) is 3.42. The van der Waals surface area contributed by atoms with E-state index < -0.39 is 25.2 Å². The Balaban J connectivity index is 2.72. The van der Waals surface area contributed by atoms with Crippen LogP contribution in [0.1, 0.15) is 39.5 Å². The van der Waals surface area contributed by atoms with Crippen LogP contribution in [0, 0.1) is 5.41 Å². The van der Waals surface area contributed by atoms with Crippen molar-refractivity contribution in [1.82, 2.24) is 4.90 Å². The van der Waals surface area contributed by atoms with Crippen LogP contribution < -0.4 is 0 Å². The first-order valence-corrected chi connectivity index (χ1v) is 6.12. The van der Waals surface area contributed by atoms with Crippen LogP contribution in [0.25, 0.3) is 0 Å². The Morgan fingerprint density at radius 2 is 2.06 bits per heavy atom. The number of carboxylic acid groups (broad SMARTS) is 1. The van der Waals surface area contributed by atoms with Crippen LogP contribution in [-0.2, 0) is 4.79 Å². The molecule has 1 N–H and O–H groups in total. The Bertz CT molecular complexity index is 302. The van der Waals surface area contributed by atoms with Gasteiger partial charge in [0, 0.05) is 6.04 Å². The van der Waals surface area contributed by atoms with Crippen LogP contribution in [0.3, 0.4) is 0 Å². The summed E-state index contributed by atoms with van der Waals surface area (Å²) in [6.45, 7) is 2.36. The molecule has 0 aromatic carbocycles. The van der Waals surface area contributed by atoms with Gasteiger partial charge in [0.25, 0.3) is 0 Å². The van der Waals surface area contributed by atoms with Gasteiger partial charge in [-0.2, -0.15) is 13.2 Å². The third-order valence-electron chi connectivity index (χ3n) is 3.42. The molecule has 6 heteroatoms. The molecule has 1 fully saturated rings. The Hall–Kier alpha value is -0.780. The molecule has 0 spiro atoms. The average Bonchev–Trinajstić information content (AvgIpc) is 2.11. The number of nitrogens with zero attached hydrogens (tertiary/aromatic N) is 1. The zero-order valence-electron chi connectivity index (χ0n) is 10.8. The van der Waals surface area contributed by atoms with Crippen molar-refractivity contribution in [3.05, 3.63) is 0 Å². The lowest BCUT2D eigenvalue weighted by atomic mass is 9.74. The van der Waals surface area contributed by atoms with E-state index in [1.807, 2.05) is 13.8 Å². The predicted octanol–water partition coefficient (Wildman–Crippen LogP) is 2.90. The zero-order valence-corrected chi connectivity index (χ0v) is 10.8. The second-order valence-electron chi connectivity index (χ2n) is 5.83. The highest BCUT2D eigenvalue weighted by atomic mass is 19.4. The fourth-order valence-electron chi connectivity index (χ4n) is 2.69. The molecule has 106 valence electrons. The molecule has 0 amide bonds. The number of aliphatic carboxylic acids is 1. The van der Waals surface area contributed by atoms with Crippen molar-refractivity contribution in [2.75, 3.05) is 13.1 Å². The van der Waals surface area contributed by atoms with Gasteiger partial charge in [0.15, 0.2) is 0 Å². The fourth-order valence-corrected chi connectivity index (χ4v) is 2.69. The van der Waals surface area contributed by atoms with E-state index in [0.29, 0.717) is 12.8 Å². The molecule has 0 aromatic rings. The summed E-state index contributed by atoms with van der Waals surface area (Å²) in [5.74, 6) is -1.21. The second-order valence-corrected chi connectivity index (χ2v) is 5.83. The standard InChI is InChI=1S/C12H20F3NO2/c1-11(2)5-3-4-9(6-11)16(7-10(17)18)8-12(13,14)15/h9H,3-8H2,1-2H3,(H,17,18). The van der Waals surface area contributed by atoms with Gasteiger partial charge in [-0.1, -0.05) is 20.3 Å². The quantitative estimate of drug-likeness (QED) is 0.851. The number of halogens is 3. The van der Waals surface area contributed by atoms with Gasteiger partial charge in [0.05, 0.1) is 13.1 Å². The Labute approximate surface area is 105 Å². The maximum atomic E-state index is 12.5. The van der Waals surface area contributed by atoms with Crippen LogP contribution in [0.4, 0.5) is 13.2 Å². The zero-order chi connectivity index (χ0) is 14.0. The van der Waals surface area contributed by atoms with Crippen molar-refractivity contribution in [2.24, 2.45) is 5.41 Å². The Morgan fingerprint density at radius 3 is 2.50 bits per heavy atom. The summed E-state index contributed by atoms with van der Waals surface area (Å²) in [7, 11) is 0. The Kier molecular flexibility index (Phi) is 4.64. The summed E-state index contributed by atoms with van der Waals surface area (Å²) in [5.41, 5.74) is -0.00866. The summed E-state index contributed by atoms with van der Waals surface area (Å²) < 4.78 is 37.4. The van der Waals surface area contributed by atoms with Gasteiger partial charge in [-0.25, -0.2) is 0 Å². The summed E-state index contributed by atoms with van der Waals surface area (Å²) in [5, 5.41) is 8.73. The minimum atomic E-state index is -4.35. The van der Waals surface area contributed by atoms with Gasteiger partial charge in [0.2, 0.25) is 0 Å². The molecular formula is C12H20F3NO2. The molecule has 0 saturated heterocycles. The van der Waals surface area contributed by atoms with E-state index in [4.69, 9.17) is 5.11 Å². The minimum absolute atomic E-state index is 0.00866. The predicted molar refractivity (Wildman–Crippen MR) is 61.3 cm³/mol. The highest BCUT2D eigenvalue weighted by Gasteiger charge is 2.38. The molecule has 1 aliphatic carbocycles. The number of carbonyl (C=O) groups is 1. The first-order chi connectivity index (χ1) is 8.09. The van der Waals surface area contributed by atoms with E-state index in [-0.39, 0.29) is 11.5 Å². The molecule has 3 nitrogen and oxygen atoms in total. The van der Waals surface area contributed by atoms with Gasteiger partial charge in [0.1, 0.15) is 0 Å². The molecule has 1 saturated carbocycles. The van der Waals surface area contributed by atoms with E-state index >= 15 is 0 Å². The Morgan fingerprint density at radius 1 is 1.44 bits per heavy atom. The van der Waals surface area contributed by atoms with E-state index in [2.05, 4.69) is 0 Å². The van der Waals surface area contributed by atoms with Crippen molar-refractivity contribution >= 4 is 5.97 Å². The van der Waals surface area contributed by atoms with Gasteiger partial charge >= 0.3 is 12.1 Å². The second kappa shape index (κ2) is 5.47. The van der Waals surface area contributed by atoms with E-state index in [0.717, 1.165) is 17.7 Å². The average molecular weight is 267 g/mol. The van der Waals surface area contributed by atoms with Crippen LogP contribution in [-0.4, -0.2) is 41.3 Å². The molecule has 1 unspecified atom stereocenters. The van der Waals surface area contributed by atoms with Gasteiger partial charge < -0.3 is 5.11 Å². The molecular weight excluding hydrogens is 247 g/mol. The van der Waals surface area contributed by atoms with Gasteiger partial charge in [-0.15, -0.1) is 0 Å². The lowest BCUT2D eigenvalue weighted by Crippen LogP contribution is -2.47. The monoisotopic (exact) mass is 267 g/mol. The largest absolute Gasteiger partial charge is 0.480 e. The van der Waals surface area contributed by atoms with Crippen molar-refractivity contribution in [3.8, 4) is 0 Å². The highest BCUT2D eigenvalue weighted by Crippen LogP contribution is 2.37. The maximum absolute atomic E-state index is 12.5. The molecule has 0 radical (unpaired) electrons. The van der Waals surface area contributed by atoms with Crippen LogP contribution in [0.15, 0.2) is 0 Å². The van der Waals surface area contributed by atoms with Crippen LogP contribution in [0.5, 0.6) is 0 Å². The van der Waals surface area contributed by atoms with Gasteiger partial charge in [-0.05, 0) is 24.7 Å². The topological polar surface area (TPSA) is 40.5 Å². The van der Waals surface area contributed by atoms with Crippen molar-refractivity contribution in [1.29, 1.82) is 0 Å². The van der Waals surface area contributed by atoms with E-state index in [1.54, 1.807) is 0 Å². The SMILES string of the molecule is CC1(C)CCCC(N(CC(=O)O)CC(F)(F)F)C1. The van der Waals surface area contributed by atoms with Crippen LogP contribution in [0.2, 0.25) is 0 Å². The summed E-state index contributed by atoms with van der Waals surface area (Å²) in [4.78, 5) is 11.7. The van der Waals surface area contributed by atoms with Crippen molar-refractivity contribution < 1.29 is 23.1 Å². The number of hydrogen-bond donors (Lipinski definition) is 1. The van der Waals surface area contributed by atoms with E-state index in [1.165, 1.54) is 0 Å². The molecule has 18 heavy (non-hydrogen) atoms. The third kappa shape index (κ3) is 5.25. The molecule has 0 aliphatic heterocycles. The first-order valence-electron chi connectivity index (χ1n) is 6.12. The molecule has 0 bridgehead atoms. The summed E-state index contributed by atoms with van der Waals surface area (Å²) in [6, 6.07) is -0.286. The smallest absolute Gasteiger partial charge is 0.401 e. The molecule has 1 rings (SSSR count). The van der Waals surface area contributed by atoms with Gasteiger partial charge in [-0.3, -0.25) is 9.69 Å².